The molecule has 0 radical (unpaired) electrons. The summed E-state index contributed by atoms with van der Waals surface area (Å²) < 4.78 is 14.5. The van der Waals surface area contributed by atoms with Gasteiger partial charge in [-0.05, 0) is 47.5 Å². The van der Waals surface area contributed by atoms with Gasteiger partial charge < -0.3 is 5.32 Å². The Morgan fingerprint density at radius 3 is 2.62 bits per heavy atom. The van der Waals surface area contributed by atoms with Gasteiger partial charge in [-0.1, -0.05) is 0 Å². The molecule has 84 valence electrons. The van der Waals surface area contributed by atoms with E-state index in [1.807, 2.05) is 19.9 Å². The SMILES string of the molecule is CNc1cc(C)nc2c(C)cc(Br)c(F)c12. The number of pyridine rings is 1. The van der Waals surface area contributed by atoms with E-state index in [4.69, 9.17) is 0 Å². The summed E-state index contributed by atoms with van der Waals surface area (Å²) in [7, 11) is 1.78. The maximum absolute atomic E-state index is 14.0. The van der Waals surface area contributed by atoms with Crippen LogP contribution in [-0.4, -0.2) is 12.0 Å². The second kappa shape index (κ2) is 4.01. The van der Waals surface area contributed by atoms with Crippen molar-refractivity contribution < 1.29 is 4.39 Å². The molecule has 2 nitrogen and oxygen atoms in total. The fourth-order valence-corrected chi connectivity index (χ4v) is 2.36. The summed E-state index contributed by atoms with van der Waals surface area (Å²) in [5.74, 6) is -0.266. The zero-order valence-corrected chi connectivity index (χ0v) is 10.9. The van der Waals surface area contributed by atoms with Crippen LogP contribution in [0.25, 0.3) is 10.9 Å². The molecule has 1 N–H and O–H groups in total. The molecule has 4 heteroatoms. The molecule has 16 heavy (non-hydrogen) atoms. The van der Waals surface area contributed by atoms with Crippen LogP contribution in [0.4, 0.5) is 10.1 Å². The predicted octanol–water partition coefficient (Wildman–Crippen LogP) is 3.79. The van der Waals surface area contributed by atoms with Gasteiger partial charge in [0.05, 0.1) is 15.4 Å². The Bertz CT molecular complexity index is 567. The van der Waals surface area contributed by atoms with Gasteiger partial charge in [0.15, 0.2) is 0 Å². The van der Waals surface area contributed by atoms with E-state index in [1.165, 1.54) is 0 Å². The lowest BCUT2D eigenvalue weighted by Gasteiger charge is -2.11. The standard InChI is InChI=1S/C12H12BrFN2/c1-6-4-8(13)11(14)10-9(15-3)5-7(2)16-12(6)10/h4-5H,1-3H3,(H,15,16). The minimum Gasteiger partial charge on any atom is -0.387 e. The van der Waals surface area contributed by atoms with Gasteiger partial charge in [-0.3, -0.25) is 4.98 Å². The van der Waals surface area contributed by atoms with E-state index in [1.54, 1.807) is 13.1 Å². The van der Waals surface area contributed by atoms with Gasteiger partial charge in [-0.15, -0.1) is 0 Å². The second-order valence-corrected chi connectivity index (χ2v) is 4.63. The fraction of sp³-hybridized carbons (Fsp3) is 0.250. The molecule has 0 amide bonds. The Kier molecular flexibility index (Phi) is 2.84. The lowest BCUT2D eigenvalue weighted by Crippen LogP contribution is -1.98. The van der Waals surface area contributed by atoms with E-state index >= 15 is 0 Å². The molecule has 1 aromatic heterocycles. The van der Waals surface area contributed by atoms with Crippen LogP contribution < -0.4 is 5.32 Å². The molecule has 0 aliphatic rings. The first-order chi connectivity index (χ1) is 7.54. The Morgan fingerprint density at radius 1 is 1.31 bits per heavy atom. The molecule has 0 fully saturated rings. The highest BCUT2D eigenvalue weighted by Gasteiger charge is 2.13. The van der Waals surface area contributed by atoms with Crippen LogP contribution in [0.15, 0.2) is 16.6 Å². The summed E-state index contributed by atoms with van der Waals surface area (Å²) in [6.45, 7) is 3.83. The number of nitrogens with zero attached hydrogens (tertiary/aromatic N) is 1. The number of aromatic nitrogens is 1. The van der Waals surface area contributed by atoms with Gasteiger partial charge in [0.1, 0.15) is 5.82 Å². The van der Waals surface area contributed by atoms with Crippen molar-refractivity contribution in [1.82, 2.24) is 4.98 Å². The Labute approximate surface area is 102 Å². The minimum absolute atomic E-state index is 0.266. The molecule has 0 saturated heterocycles. The molecular formula is C12H12BrFN2. The second-order valence-electron chi connectivity index (χ2n) is 3.77. The molecule has 1 aromatic carbocycles. The molecule has 2 aromatic rings. The third-order valence-corrected chi connectivity index (χ3v) is 3.14. The number of rotatable bonds is 1. The lowest BCUT2D eigenvalue weighted by atomic mass is 10.1. The van der Waals surface area contributed by atoms with Crippen molar-refractivity contribution in [1.29, 1.82) is 0 Å². The summed E-state index contributed by atoms with van der Waals surface area (Å²) in [6, 6.07) is 3.60. The van der Waals surface area contributed by atoms with Crippen LogP contribution in [0.1, 0.15) is 11.3 Å². The molecule has 0 aliphatic carbocycles. The summed E-state index contributed by atoms with van der Waals surface area (Å²) in [6.07, 6.45) is 0. The average molecular weight is 283 g/mol. The van der Waals surface area contributed by atoms with Crippen molar-refractivity contribution in [3.8, 4) is 0 Å². The molecule has 2 rings (SSSR count). The van der Waals surface area contributed by atoms with Crippen LogP contribution >= 0.6 is 15.9 Å². The normalized spacial score (nSPS) is 10.8. The zero-order chi connectivity index (χ0) is 11.9. The number of nitrogens with one attached hydrogen (secondary N) is 1. The van der Waals surface area contributed by atoms with E-state index in [9.17, 15) is 4.39 Å². The van der Waals surface area contributed by atoms with E-state index in [0.29, 0.717) is 15.4 Å². The largest absolute Gasteiger partial charge is 0.387 e. The molecular weight excluding hydrogens is 271 g/mol. The highest BCUT2D eigenvalue weighted by atomic mass is 79.9. The van der Waals surface area contributed by atoms with Gasteiger partial charge in [-0.25, -0.2) is 4.39 Å². The number of halogens is 2. The van der Waals surface area contributed by atoms with Crippen molar-refractivity contribution in [2.45, 2.75) is 13.8 Å². The summed E-state index contributed by atoms with van der Waals surface area (Å²) in [4.78, 5) is 4.38. The highest BCUT2D eigenvalue weighted by Crippen LogP contribution is 2.32. The van der Waals surface area contributed by atoms with Gasteiger partial charge in [0.25, 0.3) is 0 Å². The number of fused-ring (bicyclic) bond motifs is 1. The first-order valence-electron chi connectivity index (χ1n) is 4.98. The molecule has 1 heterocycles. The van der Waals surface area contributed by atoms with E-state index < -0.39 is 0 Å². The molecule has 0 unspecified atom stereocenters. The predicted molar refractivity (Wildman–Crippen MR) is 68.4 cm³/mol. The number of hydrogen-bond acceptors (Lipinski definition) is 2. The van der Waals surface area contributed by atoms with Gasteiger partial charge in [-0.2, -0.15) is 0 Å². The van der Waals surface area contributed by atoms with Crippen LogP contribution in [0.3, 0.4) is 0 Å². The quantitative estimate of drug-likeness (QED) is 0.861. The van der Waals surface area contributed by atoms with E-state index in [0.717, 1.165) is 16.9 Å². The molecule has 0 aliphatic heterocycles. The number of aryl methyl sites for hydroxylation is 2. The first kappa shape index (κ1) is 11.3. The Morgan fingerprint density at radius 2 is 2.00 bits per heavy atom. The maximum Gasteiger partial charge on any atom is 0.148 e. The van der Waals surface area contributed by atoms with Crippen LogP contribution in [0.5, 0.6) is 0 Å². The number of hydrogen-bond donors (Lipinski definition) is 1. The monoisotopic (exact) mass is 282 g/mol. The minimum atomic E-state index is -0.266. The van der Waals surface area contributed by atoms with Gasteiger partial charge in [0, 0.05) is 18.4 Å². The van der Waals surface area contributed by atoms with Gasteiger partial charge >= 0.3 is 0 Å². The van der Waals surface area contributed by atoms with Crippen LogP contribution in [0.2, 0.25) is 0 Å². The maximum atomic E-state index is 14.0. The topological polar surface area (TPSA) is 24.9 Å². The van der Waals surface area contributed by atoms with Gasteiger partial charge in [0.2, 0.25) is 0 Å². The molecule has 0 saturated carbocycles. The summed E-state index contributed by atoms with van der Waals surface area (Å²) in [5.41, 5.74) is 3.32. The average Bonchev–Trinajstić information content (AvgIpc) is 2.25. The fourth-order valence-electron chi connectivity index (χ4n) is 1.82. The third kappa shape index (κ3) is 1.67. The molecule has 0 bridgehead atoms. The van der Waals surface area contributed by atoms with Crippen molar-refractivity contribution in [2.24, 2.45) is 0 Å². The van der Waals surface area contributed by atoms with Crippen LogP contribution in [0, 0.1) is 19.7 Å². The highest BCUT2D eigenvalue weighted by molar-refractivity contribution is 9.10. The third-order valence-electron chi connectivity index (χ3n) is 2.56. The summed E-state index contributed by atoms with van der Waals surface area (Å²) >= 11 is 3.22. The van der Waals surface area contributed by atoms with Crippen LogP contribution in [-0.2, 0) is 0 Å². The zero-order valence-electron chi connectivity index (χ0n) is 9.36. The van der Waals surface area contributed by atoms with Crippen molar-refractivity contribution in [2.75, 3.05) is 12.4 Å². The first-order valence-corrected chi connectivity index (χ1v) is 5.77. The summed E-state index contributed by atoms with van der Waals surface area (Å²) in [5, 5.41) is 3.55. The number of anilines is 1. The Hall–Kier alpha value is -1.16. The van der Waals surface area contributed by atoms with Crippen molar-refractivity contribution in [3.05, 3.63) is 33.7 Å². The Balaban J connectivity index is 2.99. The lowest BCUT2D eigenvalue weighted by molar-refractivity contribution is 0.633. The van der Waals surface area contributed by atoms with E-state index in [2.05, 4.69) is 26.2 Å². The number of benzene rings is 1. The smallest absolute Gasteiger partial charge is 0.148 e. The van der Waals surface area contributed by atoms with Crippen molar-refractivity contribution >= 4 is 32.5 Å². The molecule has 0 atom stereocenters. The van der Waals surface area contributed by atoms with E-state index in [-0.39, 0.29) is 5.82 Å². The molecule has 0 spiro atoms. The van der Waals surface area contributed by atoms with Crippen molar-refractivity contribution in [3.63, 3.8) is 0 Å².